The van der Waals surface area contributed by atoms with Crippen LogP contribution in [0.5, 0.6) is 0 Å². The van der Waals surface area contributed by atoms with Crippen LogP contribution < -0.4 is 10.6 Å². The standard InChI is InChI=1S/C14H20N4S2/c1-4-15-14(17-7-12-6-5-10(2)19-12)18-9-13-8-16-11(3)20-13/h5-6,8H,4,7,9H2,1-3H3,(H2,15,17,18). The molecule has 0 atom stereocenters. The maximum absolute atomic E-state index is 4.59. The third kappa shape index (κ3) is 4.61. The fourth-order valence-electron chi connectivity index (χ4n) is 1.73. The van der Waals surface area contributed by atoms with Gasteiger partial charge < -0.3 is 10.6 Å². The molecule has 2 aromatic heterocycles. The number of hydrogen-bond acceptors (Lipinski definition) is 4. The van der Waals surface area contributed by atoms with Crippen molar-refractivity contribution in [2.45, 2.75) is 33.9 Å². The molecule has 2 rings (SSSR count). The summed E-state index contributed by atoms with van der Waals surface area (Å²) in [4.78, 5) is 12.7. The maximum atomic E-state index is 4.59. The fraction of sp³-hybridized carbons (Fsp3) is 0.429. The summed E-state index contributed by atoms with van der Waals surface area (Å²) in [6, 6.07) is 4.30. The number of hydrogen-bond donors (Lipinski definition) is 2. The van der Waals surface area contributed by atoms with Gasteiger partial charge in [-0.1, -0.05) is 0 Å². The molecule has 0 aliphatic carbocycles. The summed E-state index contributed by atoms with van der Waals surface area (Å²) in [6.07, 6.45) is 1.90. The normalized spacial score (nSPS) is 11.7. The van der Waals surface area contributed by atoms with Gasteiger partial charge in [-0.05, 0) is 32.9 Å². The maximum Gasteiger partial charge on any atom is 0.191 e. The van der Waals surface area contributed by atoms with E-state index >= 15 is 0 Å². The third-order valence-electron chi connectivity index (χ3n) is 2.63. The lowest BCUT2D eigenvalue weighted by Crippen LogP contribution is -2.36. The predicted octanol–water partition coefficient (Wildman–Crippen LogP) is 3.08. The van der Waals surface area contributed by atoms with E-state index in [0.717, 1.165) is 24.1 Å². The molecule has 0 amide bonds. The van der Waals surface area contributed by atoms with Gasteiger partial charge in [-0.25, -0.2) is 9.98 Å². The second kappa shape index (κ2) is 7.40. The second-order valence-electron chi connectivity index (χ2n) is 4.41. The van der Waals surface area contributed by atoms with Gasteiger partial charge >= 0.3 is 0 Å². The summed E-state index contributed by atoms with van der Waals surface area (Å²) in [7, 11) is 0. The van der Waals surface area contributed by atoms with Gasteiger partial charge in [0.25, 0.3) is 0 Å². The van der Waals surface area contributed by atoms with Crippen molar-refractivity contribution in [3.8, 4) is 0 Å². The van der Waals surface area contributed by atoms with Crippen LogP contribution in [0.3, 0.4) is 0 Å². The smallest absolute Gasteiger partial charge is 0.191 e. The van der Waals surface area contributed by atoms with Gasteiger partial charge in [-0.2, -0.15) is 0 Å². The van der Waals surface area contributed by atoms with E-state index in [0.29, 0.717) is 6.54 Å². The molecule has 0 saturated heterocycles. The molecule has 2 N–H and O–H groups in total. The Balaban J connectivity index is 1.91. The zero-order valence-electron chi connectivity index (χ0n) is 12.1. The van der Waals surface area contributed by atoms with Gasteiger partial charge in [0.1, 0.15) is 0 Å². The summed E-state index contributed by atoms with van der Waals surface area (Å²) in [6.45, 7) is 8.55. The zero-order chi connectivity index (χ0) is 14.4. The highest BCUT2D eigenvalue weighted by Crippen LogP contribution is 2.14. The number of aliphatic imine (C=N–C) groups is 1. The summed E-state index contributed by atoms with van der Waals surface area (Å²) in [5.41, 5.74) is 0. The molecule has 0 aliphatic rings. The van der Waals surface area contributed by atoms with E-state index < -0.39 is 0 Å². The van der Waals surface area contributed by atoms with Gasteiger partial charge in [0, 0.05) is 27.4 Å². The Morgan fingerprint density at radius 1 is 1.20 bits per heavy atom. The first-order valence-electron chi connectivity index (χ1n) is 6.66. The van der Waals surface area contributed by atoms with Crippen LogP contribution in [0.4, 0.5) is 0 Å². The quantitative estimate of drug-likeness (QED) is 0.659. The number of aromatic nitrogens is 1. The van der Waals surface area contributed by atoms with Crippen molar-refractivity contribution < 1.29 is 0 Å². The Hall–Kier alpha value is -1.40. The molecule has 0 spiro atoms. The van der Waals surface area contributed by atoms with Crippen LogP contribution in [0.25, 0.3) is 0 Å². The van der Waals surface area contributed by atoms with Crippen molar-refractivity contribution in [2.75, 3.05) is 6.54 Å². The Labute approximate surface area is 128 Å². The molecular weight excluding hydrogens is 288 g/mol. The van der Waals surface area contributed by atoms with Gasteiger partial charge in [0.15, 0.2) is 5.96 Å². The summed E-state index contributed by atoms with van der Waals surface area (Å²) in [5, 5.41) is 7.71. The molecule has 0 aliphatic heterocycles. The second-order valence-corrected chi connectivity index (χ2v) is 7.10. The van der Waals surface area contributed by atoms with Crippen LogP contribution in [-0.2, 0) is 13.1 Å². The average Bonchev–Trinajstić information content (AvgIpc) is 3.02. The molecular formula is C14H20N4S2. The number of guanidine groups is 1. The number of thiazole rings is 1. The highest BCUT2D eigenvalue weighted by atomic mass is 32.1. The van der Waals surface area contributed by atoms with Crippen LogP contribution >= 0.6 is 22.7 Å². The number of rotatable bonds is 5. The molecule has 0 bridgehead atoms. The first-order valence-corrected chi connectivity index (χ1v) is 8.29. The molecule has 108 valence electrons. The molecule has 0 radical (unpaired) electrons. The van der Waals surface area contributed by atoms with Gasteiger partial charge in [0.05, 0.1) is 18.1 Å². The minimum Gasteiger partial charge on any atom is -0.357 e. The summed E-state index contributed by atoms with van der Waals surface area (Å²) < 4.78 is 0. The van der Waals surface area contributed by atoms with Gasteiger partial charge in [-0.15, -0.1) is 22.7 Å². The summed E-state index contributed by atoms with van der Waals surface area (Å²) >= 11 is 3.51. The van der Waals surface area contributed by atoms with E-state index in [9.17, 15) is 0 Å². The number of nitrogens with one attached hydrogen (secondary N) is 2. The lowest BCUT2D eigenvalue weighted by molar-refractivity contribution is 0.825. The van der Waals surface area contributed by atoms with Crippen LogP contribution in [0.15, 0.2) is 23.3 Å². The van der Waals surface area contributed by atoms with Crippen molar-refractivity contribution in [3.05, 3.63) is 38.0 Å². The lowest BCUT2D eigenvalue weighted by atomic mass is 10.4. The van der Waals surface area contributed by atoms with E-state index in [-0.39, 0.29) is 0 Å². The van der Waals surface area contributed by atoms with Crippen molar-refractivity contribution in [1.82, 2.24) is 15.6 Å². The highest BCUT2D eigenvalue weighted by molar-refractivity contribution is 7.12. The Morgan fingerprint density at radius 2 is 2.05 bits per heavy atom. The Morgan fingerprint density at radius 3 is 2.65 bits per heavy atom. The molecule has 0 aromatic carbocycles. The molecule has 2 heterocycles. The Kier molecular flexibility index (Phi) is 5.55. The van der Waals surface area contributed by atoms with Crippen LogP contribution in [0.1, 0.15) is 26.6 Å². The minimum atomic E-state index is 0.671. The van der Waals surface area contributed by atoms with E-state index in [1.807, 2.05) is 24.5 Å². The largest absolute Gasteiger partial charge is 0.357 e. The molecule has 4 nitrogen and oxygen atoms in total. The van der Waals surface area contributed by atoms with Crippen molar-refractivity contribution in [1.29, 1.82) is 0 Å². The summed E-state index contributed by atoms with van der Waals surface area (Å²) in [5.74, 6) is 0.851. The van der Waals surface area contributed by atoms with E-state index in [1.54, 1.807) is 11.3 Å². The molecule has 0 saturated carbocycles. The third-order valence-corrected chi connectivity index (χ3v) is 4.53. The zero-order valence-corrected chi connectivity index (χ0v) is 13.7. The van der Waals surface area contributed by atoms with Crippen LogP contribution in [0.2, 0.25) is 0 Å². The van der Waals surface area contributed by atoms with Crippen LogP contribution in [-0.4, -0.2) is 17.5 Å². The monoisotopic (exact) mass is 308 g/mol. The number of aryl methyl sites for hydroxylation is 2. The first-order chi connectivity index (χ1) is 9.67. The highest BCUT2D eigenvalue weighted by Gasteiger charge is 2.01. The predicted molar refractivity (Wildman–Crippen MR) is 87.6 cm³/mol. The fourth-order valence-corrected chi connectivity index (χ4v) is 3.28. The lowest BCUT2D eigenvalue weighted by Gasteiger charge is -2.09. The van der Waals surface area contributed by atoms with E-state index in [2.05, 4.69) is 46.6 Å². The average molecular weight is 308 g/mol. The Bertz CT molecular complexity index is 571. The number of nitrogens with zero attached hydrogens (tertiary/aromatic N) is 2. The van der Waals surface area contributed by atoms with Gasteiger partial charge in [0.2, 0.25) is 0 Å². The van der Waals surface area contributed by atoms with Crippen molar-refractivity contribution in [3.63, 3.8) is 0 Å². The molecule has 0 fully saturated rings. The molecule has 0 unspecified atom stereocenters. The minimum absolute atomic E-state index is 0.671. The van der Waals surface area contributed by atoms with Gasteiger partial charge in [-0.3, -0.25) is 0 Å². The SMILES string of the molecule is CCNC(=NCc1cnc(C)s1)NCc1ccc(C)s1. The molecule has 20 heavy (non-hydrogen) atoms. The topological polar surface area (TPSA) is 49.3 Å². The molecule has 6 heteroatoms. The van der Waals surface area contributed by atoms with E-state index in [4.69, 9.17) is 0 Å². The number of thiophene rings is 1. The van der Waals surface area contributed by atoms with Crippen LogP contribution in [0, 0.1) is 13.8 Å². The molecule has 2 aromatic rings. The first kappa shape index (κ1) is 15.0. The van der Waals surface area contributed by atoms with Crippen molar-refractivity contribution >= 4 is 28.6 Å². The van der Waals surface area contributed by atoms with Crippen molar-refractivity contribution in [2.24, 2.45) is 4.99 Å². The van der Waals surface area contributed by atoms with E-state index in [1.165, 1.54) is 14.6 Å².